The number of nitrogen functional groups attached to an aromatic ring is 1. The van der Waals surface area contributed by atoms with Gasteiger partial charge in [0.1, 0.15) is 5.82 Å². The summed E-state index contributed by atoms with van der Waals surface area (Å²) in [6, 6.07) is 9.94. The molecule has 0 atom stereocenters. The van der Waals surface area contributed by atoms with Gasteiger partial charge in [-0.2, -0.15) is 0 Å². The first-order valence-electron chi connectivity index (χ1n) is 5.48. The van der Waals surface area contributed by atoms with Gasteiger partial charge in [0.05, 0.1) is 0 Å². The third-order valence-corrected chi connectivity index (χ3v) is 2.73. The topological polar surface area (TPSA) is 55.0 Å². The van der Waals surface area contributed by atoms with Gasteiger partial charge in [-0.3, -0.25) is 0 Å². The van der Waals surface area contributed by atoms with Crippen molar-refractivity contribution in [3.63, 3.8) is 0 Å². The molecule has 0 aliphatic heterocycles. The largest absolute Gasteiger partial charge is 0.382 e. The number of anilines is 3. The van der Waals surface area contributed by atoms with Crippen LogP contribution >= 0.6 is 0 Å². The summed E-state index contributed by atoms with van der Waals surface area (Å²) >= 11 is 0. The first kappa shape index (κ1) is 11.4. The molecule has 0 radical (unpaired) electrons. The van der Waals surface area contributed by atoms with Gasteiger partial charge < -0.3 is 10.6 Å². The number of aryl methyl sites for hydroxylation is 2. The van der Waals surface area contributed by atoms with Crippen LogP contribution < -0.4 is 10.6 Å². The second-order valence-corrected chi connectivity index (χ2v) is 4.17. The lowest BCUT2D eigenvalue weighted by Gasteiger charge is -2.20. The van der Waals surface area contributed by atoms with Crippen molar-refractivity contribution >= 4 is 17.3 Å². The predicted molar refractivity (Wildman–Crippen MR) is 70.4 cm³/mol. The summed E-state index contributed by atoms with van der Waals surface area (Å²) in [7, 11) is 1.97. The van der Waals surface area contributed by atoms with Crippen LogP contribution in [0.1, 0.15) is 11.1 Å². The maximum Gasteiger partial charge on any atom is 0.155 e. The highest BCUT2D eigenvalue weighted by atomic mass is 15.3. The Kier molecular flexibility index (Phi) is 2.95. The molecule has 0 spiro atoms. The molecule has 2 aromatic rings. The van der Waals surface area contributed by atoms with Crippen LogP contribution in [-0.2, 0) is 0 Å². The van der Waals surface area contributed by atoms with E-state index in [0.29, 0.717) is 5.82 Å². The van der Waals surface area contributed by atoms with Crippen molar-refractivity contribution < 1.29 is 0 Å². The van der Waals surface area contributed by atoms with Crippen LogP contribution in [0.2, 0.25) is 0 Å². The van der Waals surface area contributed by atoms with E-state index >= 15 is 0 Å². The second-order valence-electron chi connectivity index (χ2n) is 4.17. The van der Waals surface area contributed by atoms with Crippen LogP contribution in [0.5, 0.6) is 0 Å². The van der Waals surface area contributed by atoms with E-state index in [1.54, 1.807) is 6.07 Å². The lowest BCUT2D eigenvalue weighted by molar-refractivity contribution is 0.992. The SMILES string of the molecule is Cc1ccc(N(C)c2ccc(N)nn2)c(C)c1. The number of hydrogen-bond donors (Lipinski definition) is 1. The fourth-order valence-corrected chi connectivity index (χ4v) is 1.82. The first-order chi connectivity index (χ1) is 8.08. The van der Waals surface area contributed by atoms with Crippen LogP contribution in [-0.4, -0.2) is 17.2 Å². The molecule has 0 aliphatic rings. The molecule has 0 saturated carbocycles. The van der Waals surface area contributed by atoms with Crippen molar-refractivity contribution in [1.29, 1.82) is 0 Å². The Labute approximate surface area is 101 Å². The third kappa shape index (κ3) is 2.36. The average Bonchev–Trinajstić information content (AvgIpc) is 2.29. The molecule has 1 aromatic heterocycles. The zero-order chi connectivity index (χ0) is 12.4. The zero-order valence-electron chi connectivity index (χ0n) is 10.3. The molecule has 88 valence electrons. The maximum absolute atomic E-state index is 5.52. The molecule has 0 amide bonds. The highest BCUT2D eigenvalue weighted by Gasteiger charge is 2.08. The first-order valence-corrected chi connectivity index (χ1v) is 5.48. The number of aromatic nitrogens is 2. The standard InChI is InChI=1S/C13H16N4/c1-9-4-5-11(10(2)8-9)17(3)13-7-6-12(14)15-16-13/h4-8H,1-3H3,(H2,14,15). The van der Waals surface area contributed by atoms with Crippen LogP contribution in [0.25, 0.3) is 0 Å². The minimum atomic E-state index is 0.433. The fourth-order valence-electron chi connectivity index (χ4n) is 1.82. The van der Waals surface area contributed by atoms with Crippen LogP contribution in [0.15, 0.2) is 30.3 Å². The molecule has 0 aliphatic carbocycles. The molecule has 2 N–H and O–H groups in total. The summed E-state index contributed by atoms with van der Waals surface area (Å²) in [6.45, 7) is 4.17. The predicted octanol–water partition coefficient (Wildman–Crippen LogP) is 2.44. The Balaban J connectivity index is 2.36. The summed E-state index contributed by atoms with van der Waals surface area (Å²) in [4.78, 5) is 2.00. The van der Waals surface area contributed by atoms with Crippen molar-refractivity contribution in [3.05, 3.63) is 41.5 Å². The van der Waals surface area contributed by atoms with Gasteiger partial charge in [-0.1, -0.05) is 17.7 Å². The quantitative estimate of drug-likeness (QED) is 0.857. The van der Waals surface area contributed by atoms with Gasteiger partial charge in [-0.25, -0.2) is 0 Å². The molecule has 1 aromatic carbocycles. The molecule has 4 nitrogen and oxygen atoms in total. The zero-order valence-corrected chi connectivity index (χ0v) is 10.3. The highest BCUT2D eigenvalue weighted by molar-refractivity contribution is 5.63. The molecule has 2 rings (SSSR count). The van der Waals surface area contributed by atoms with E-state index in [9.17, 15) is 0 Å². The molecule has 4 heteroatoms. The van der Waals surface area contributed by atoms with Crippen molar-refractivity contribution in [2.75, 3.05) is 17.7 Å². The molecule has 0 fully saturated rings. The number of nitrogens with two attached hydrogens (primary N) is 1. The molecule has 0 unspecified atom stereocenters. The monoisotopic (exact) mass is 228 g/mol. The smallest absolute Gasteiger partial charge is 0.155 e. The Morgan fingerprint density at radius 2 is 1.82 bits per heavy atom. The summed E-state index contributed by atoms with van der Waals surface area (Å²) < 4.78 is 0. The minimum absolute atomic E-state index is 0.433. The van der Waals surface area contributed by atoms with Crippen molar-refractivity contribution in [2.45, 2.75) is 13.8 Å². The fraction of sp³-hybridized carbons (Fsp3) is 0.231. The Morgan fingerprint density at radius 3 is 2.41 bits per heavy atom. The normalized spacial score (nSPS) is 10.3. The summed E-state index contributed by atoms with van der Waals surface area (Å²) in [5.41, 5.74) is 9.11. The molecular weight excluding hydrogens is 212 g/mol. The van der Waals surface area contributed by atoms with Gasteiger partial charge in [0, 0.05) is 12.7 Å². The molecule has 1 heterocycles. The van der Waals surface area contributed by atoms with E-state index in [1.165, 1.54) is 11.1 Å². The van der Waals surface area contributed by atoms with Crippen molar-refractivity contribution in [2.24, 2.45) is 0 Å². The number of nitrogens with zero attached hydrogens (tertiary/aromatic N) is 3. The Bertz CT molecular complexity index is 519. The molecular formula is C13H16N4. The number of benzene rings is 1. The summed E-state index contributed by atoms with van der Waals surface area (Å²) in [5, 5.41) is 7.93. The van der Waals surface area contributed by atoms with Gasteiger partial charge in [-0.05, 0) is 37.6 Å². The second kappa shape index (κ2) is 4.41. The van der Waals surface area contributed by atoms with Gasteiger partial charge in [0.2, 0.25) is 0 Å². The van der Waals surface area contributed by atoms with E-state index < -0.39 is 0 Å². The van der Waals surface area contributed by atoms with E-state index in [0.717, 1.165) is 11.5 Å². The van der Waals surface area contributed by atoms with Gasteiger partial charge in [0.15, 0.2) is 5.82 Å². The maximum atomic E-state index is 5.52. The summed E-state index contributed by atoms with van der Waals surface area (Å²) in [5.74, 6) is 1.22. The van der Waals surface area contributed by atoms with Crippen LogP contribution in [0.3, 0.4) is 0 Å². The number of hydrogen-bond acceptors (Lipinski definition) is 4. The van der Waals surface area contributed by atoms with Gasteiger partial charge in [0.25, 0.3) is 0 Å². The van der Waals surface area contributed by atoms with Crippen LogP contribution in [0.4, 0.5) is 17.3 Å². The van der Waals surface area contributed by atoms with E-state index in [4.69, 9.17) is 5.73 Å². The van der Waals surface area contributed by atoms with E-state index in [2.05, 4.69) is 42.2 Å². The molecule has 0 saturated heterocycles. The lowest BCUT2D eigenvalue weighted by atomic mass is 10.1. The third-order valence-electron chi connectivity index (χ3n) is 2.73. The number of rotatable bonds is 2. The van der Waals surface area contributed by atoms with Crippen molar-refractivity contribution in [3.8, 4) is 0 Å². The lowest BCUT2D eigenvalue weighted by Crippen LogP contribution is -2.13. The van der Waals surface area contributed by atoms with Gasteiger partial charge in [-0.15, -0.1) is 10.2 Å². The Morgan fingerprint density at radius 1 is 1.06 bits per heavy atom. The molecule has 17 heavy (non-hydrogen) atoms. The summed E-state index contributed by atoms with van der Waals surface area (Å²) in [6.07, 6.45) is 0. The van der Waals surface area contributed by atoms with E-state index in [1.807, 2.05) is 18.0 Å². The Hall–Kier alpha value is -2.10. The molecule has 0 bridgehead atoms. The average molecular weight is 228 g/mol. The van der Waals surface area contributed by atoms with E-state index in [-0.39, 0.29) is 0 Å². The highest BCUT2D eigenvalue weighted by Crippen LogP contribution is 2.25. The van der Waals surface area contributed by atoms with Crippen molar-refractivity contribution in [1.82, 2.24) is 10.2 Å². The van der Waals surface area contributed by atoms with Crippen LogP contribution in [0, 0.1) is 13.8 Å². The van der Waals surface area contributed by atoms with Gasteiger partial charge >= 0.3 is 0 Å². The minimum Gasteiger partial charge on any atom is -0.382 e.